The van der Waals surface area contributed by atoms with E-state index in [0.29, 0.717) is 6.04 Å². The van der Waals surface area contributed by atoms with E-state index in [1.807, 2.05) is 24.5 Å². The second kappa shape index (κ2) is 3.68. The molecule has 0 radical (unpaired) electrons. The van der Waals surface area contributed by atoms with Gasteiger partial charge in [-0.15, -0.1) is 0 Å². The second-order valence-electron chi connectivity index (χ2n) is 3.58. The summed E-state index contributed by atoms with van der Waals surface area (Å²) in [5, 5.41) is 0. The van der Waals surface area contributed by atoms with Crippen LogP contribution in [0.25, 0.3) is 5.69 Å². The van der Waals surface area contributed by atoms with Gasteiger partial charge in [-0.3, -0.25) is 0 Å². The zero-order chi connectivity index (χ0) is 9.97. The Morgan fingerprint density at radius 1 is 1.07 bits per heavy atom. The lowest BCUT2D eigenvalue weighted by Gasteiger charge is -2.05. The smallest absolute Gasteiger partial charge is 0.107 e. The lowest BCUT2D eigenvalue weighted by Crippen LogP contribution is -2.51. The van der Waals surface area contributed by atoms with Crippen molar-refractivity contribution in [3.05, 3.63) is 54.4 Å². The molecule has 0 aliphatic heterocycles. The van der Waals surface area contributed by atoms with Gasteiger partial charge in [-0.1, -0.05) is 12.1 Å². The van der Waals surface area contributed by atoms with Crippen LogP contribution in [0, 0.1) is 0 Å². The first kappa shape index (κ1) is 9.03. The molecule has 72 valence electrons. The standard InChI is InChI=1S/C12H14N2/c1-10(13)11-4-6-12(7-5-11)14-8-2-3-9-14/h2-10H,13H2,1H3/p+1/t10-/m0/s1. The SMILES string of the molecule is C[C@H]([NH3+])c1ccc(-n2cccc2)cc1. The third-order valence-electron chi connectivity index (χ3n) is 2.36. The summed E-state index contributed by atoms with van der Waals surface area (Å²) in [6, 6.07) is 12.9. The maximum Gasteiger partial charge on any atom is 0.107 e. The van der Waals surface area contributed by atoms with E-state index in [2.05, 4.69) is 41.5 Å². The van der Waals surface area contributed by atoms with E-state index in [1.165, 1.54) is 11.3 Å². The molecule has 0 amide bonds. The minimum Gasteiger partial charge on any atom is -0.352 e. The summed E-state index contributed by atoms with van der Waals surface area (Å²) in [6.07, 6.45) is 4.09. The highest BCUT2D eigenvalue weighted by atomic mass is 14.9. The van der Waals surface area contributed by atoms with Crippen LogP contribution < -0.4 is 5.73 Å². The van der Waals surface area contributed by atoms with Gasteiger partial charge < -0.3 is 10.3 Å². The topological polar surface area (TPSA) is 32.6 Å². The van der Waals surface area contributed by atoms with E-state index < -0.39 is 0 Å². The fraction of sp³-hybridized carbons (Fsp3) is 0.167. The van der Waals surface area contributed by atoms with Gasteiger partial charge in [0.1, 0.15) is 6.04 Å². The second-order valence-corrected chi connectivity index (χ2v) is 3.58. The average molecular weight is 187 g/mol. The molecule has 2 nitrogen and oxygen atoms in total. The Morgan fingerprint density at radius 3 is 2.14 bits per heavy atom. The lowest BCUT2D eigenvalue weighted by atomic mass is 10.1. The number of quaternary nitrogens is 1. The highest BCUT2D eigenvalue weighted by molar-refractivity contribution is 5.35. The number of benzene rings is 1. The zero-order valence-corrected chi connectivity index (χ0v) is 8.35. The van der Waals surface area contributed by atoms with E-state index in [-0.39, 0.29) is 0 Å². The summed E-state index contributed by atoms with van der Waals surface area (Å²) in [4.78, 5) is 0. The Balaban J connectivity index is 2.31. The molecule has 3 N–H and O–H groups in total. The molecular formula is C12H15N2+. The van der Waals surface area contributed by atoms with E-state index in [0.717, 1.165) is 0 Å². The average Bonchev–Trinajstić information content (AvgIpc) is 2.71. The summed E-state index contributed by atoms with van der Waals surface area (Å²) >= 11 is 0. The predicted octanol–water partition coefficient (Wildman–Crippen LogP) is 1.78. The molecule has 14 heavy (non-hydrogen) atoms. The summed E-state index contributed by atoms with van der Waals surface area (Å²) < 4.78 is 2.09. The van der Waals surface area contributed by atoms with Crippen LogP contribution in [0.1, 0.15) is 18.5 Å². The van der Waals surface area contributed by atoms with Gasteiger partial charge in [-0.25, -0.2) is 0 Å². The number of hydrogen-bond acceptors (Lipinski definition) is 0. The Kier molecular flexibility index (Phi) is 2.37. The molecule has 2 rings (SSSR count). The highest BCUT2D eigenvalue weighted by Gasteiger charge is 2.01. The maximum atomic E-state index is 3.99. The third-order valence-corrected chi connectivity index (χ3v) is 2.36. The van der Waals surface area contributed by atoms with Gasteiger partial charge in [0.2, 0.25) is 0 Å². The first-order valence-electron chi connectivity index (χ1n) is 4.84. The van der Waals surface area contributed by atoms with Crippen molar-refractivity contribution in [2.24, 2.45) is 0 Å². The summed E-state index contributed by atoms with van der Waals surface area (Å²) in [5.74, 6) is 0. The molecule has 0 unspecified atom stereocenters. The van der Waals surface area contributed by atoms with E-state index in [4.69, 9.17) is 0 Å². The van der Waals surface area contributed by atoms with E-state index >= 15 is 0 Å². The molecule has 1 heterocycles. The Morgan fingerprint density at radius 2 is 1.64 bits per heavy atom. The van der Waals surface area contributed by atoms with Gasteiger partial charge in [-0.2, -0.15) is 0 Å². The van der Waals surface area contributed by atoms with Crippen LogP contribution in [0.5, 0.6) is 0 Å². The van der Waals surface area contributed by atoms with Crippen molar-refractivity contribution < 1.29 is 5.73 Å². The maximum absolute atomic E-state index is 3.99. The van der Waals surface area contributed by atoms with Crippen LogP contribution in [0.15, 0.2) is 48.8 Å². The minimum absolute atomic E-state index is 0.355. The van der Waals surface area contributed by atoms with Crippen LogP contribution in [-0.4, -0.2) is 4.57 Å². The van der Waals surface area contributed by atoms with Gasteiger partial charge in [0.05, 0.1) is 0 Å². The van der Waals surface area contributed by atoms with Crippen molar-refractivity contribution >= 4 is 0 Å². The number of nitrogens with zero attached hydrogens (tertiary/aromatic N) is 1. The number of rotatable bonds is 2. The van der Waals surface area contributed by atoms with E-state index in [9.17, 15) is 0 Å². The highest BCUT2D eigenvalue weighted by Crippen LogP contribution is 2.12. The molecule has 0 saturated heterocycles. The summed E-state index contributed by atoms with van der Waals surface area (Å²) in [6.45, 7) is 2.10. The lowest BCUT2D eigenvalue weighted by molar-refractivity contribution is -0.420. The fourth-order valence-corrected chi connectivity index (χ4v) is 1.48. The monoisotopic (exact) mass is 187 g/mol. The normalized spacial score (nSPS) is 12.7. The van der Waals surface area contributed by atoms with Crippen LogP contribution >= 0.6 is 0 Å². The van der Waals surface area contributed by atoms with Crippen molar-refractivity contribution in [3.8, 4) is 5.69 Å². The summed E-state index contributed by atoms with van der Waals surface area (Å²) in [7, 11) is 0. The molecule has 0 aliphatic carbocycles. The minimum atomic E-state index is 0.355. The van der Waals surface area contributed by atoms with Crippen LogP contribution in [-0.2, 0) is 0 Å². The van der Waals surface area contributed by atoms with E-state index in [1.54, 1.807) is 0 Å². The van der Waals surface area contributed by atoms with Crippen molar-refractivity contribution in [3.63, 3.8) is 0 Å². The molecule has 1 atom stereocenters. The predicted molar refractivity (Wildman–Crippen MR) is 57.1 cm³/mol. The quantitative estimate of drug-likeness (QED) is 0.743. The molecule has 0 bridgehead atoms. The van der Waals surface area contributed by atoms with Crippen LogP contribution in [0.4, 0.5) is 0 Å². The van der Waals surface area contributed by atoms with Crippen molar-refractivity contribution in [1.82, 2.24) is 4.57 Å². The molecule has 2 aromatic rings. The molecule has 2 heteroatoms. The Hall–Kier alpha value is -1.54. The van der Waals surface area contributed by atoms with Crippen molar-refractivity contribution in [2.75, 3.05) is 0 Å². The van der Waals surface area contributed by atoms with Gasteiger partial charge in [0.15, 0.2) is 0 Å². The van der Waals surface area contributed by atoms with Crippen LogP contribution in [0.3, 0.4) is 0 Å². The molecule has 0 fully saturated rings. The largest absolute Gasteiger partial charge is 0.352 e. The Bertz CT molecular complexity index is 385. The Labute approximate surface area is 84.0 Å². The van der Waals surface area contributed by atoms with Gasteiger partial charge in [-0.05, 0) is 31.2 Å². The van der Waals surface area contributed by atoms with Gasteiger partial charge in [0.25, 0.3) is 0 Å². The molecule has 1 aromatic heterocycles. The van der Waals surface area contributed by atoms with Gasteiger partial charge in [0, 0.05) is 23.6 Å². The third kappa shape index (κ3) is 1.70. The number of aromatic nitrogens is 1. The molecule has 0 spiro atoms. The molecular weight excluding hydrogens is 172 g/mol. The molecule has 1 aromatic carbocycles. The first-order valence-corrected chi connectivity index (χ1v) is 4.84. The fourth-order valence-electron chi connectivity index (χ4n) is 1.48. The molecule has 0 saturated carbocycles. The zero-order valence-electron chi connectivity index (χ0n) is 8.35. The first-order chi connectivity index (χ1) is 6.77. The van der Waals surface area contributed by atoms with Crippen LogP contribution in [0.2, 0.25) is 0 Å². The van der Waals surface area contributed by atoms with Crippen molar-refractivity contribution in [2.45, 2.75) is 13.0 Å². The van der Waals surface area contributed by atoms with Gasteiger partial charge >= 0.3 is 0 Å². The molecule has 0 aliphatic rings. The number of hydrogen-bond donors (Lipinski definition) is 1. The van der Waals surface area contributed by atoms with Crippen molar-refractivity contribution in [1.29, 1.82) is 0 Å². The summed E-state index contributed by atoms with van der Waals surface area (Å²) in [5.41, 5.74) is 6.47.